The lowest BCUT2D eigenvalue weighted by molar-refractivity contribution is -0.141. The molecule has 2 aromatic carbocycles. The molecule has 0 heterocycles. The molecule has 0 aromatic heterocycles. The Morgan fingerprint density at radius 1 is 1.08 bits per heavy atom. The van der Waals surface area contributed by atoms with E-state index < -0.39 is 35.6 Å². The molecule has 2 rings (SSSR count). The van der Waals surface area contributed by atoms with E-state index in [1.807, 2.05) is 58.9 Å². The fourth-order valence-electron chi connectivity index (χ4n) is 4.08. The van der Waals surface area contributed by atoms with Gasteiger partial charge in [-0.25, -0.2) is 4.79 Å². The lowest BCUT2D eigenvalue weighted by Crippen LogP contribution is -2.54. The van der Waals surface area contributed by atoms with Crippen LogP contribution in [0.5, 0.6) is 0 Å². The average Bonchev–Trinajstić information content (AvgIpc) is 2.80. The summed E-state index contributed by atoms with van der Waals surface area (Å²) in [7, 11) is 0. The summed E-state index contributed by atoms with van der Waals surface area (Å²) in [6, 6.07) is 9.16. The number of aryl methyl sites for hydroxylation is 3. The van der Waals surface area contributed by atoms with Crippen molar-refractivity contribution in [2.45, 2.75) is 73.1 Å². The number of ether oxygens (including phenoxy) is 1. The van der Waals surface area contributed by atoms with Gasteiger partial charge in [-0.3, -0.25) is 9.59 Å². The van der Waals surface area contributed by atoms with Crippen molar-refractivity contribution in [3.8, 4) is 0 Å². The van der Waals surface area contributed by atoms with Gasteiger partial charge in [-0.1, -0.05) is 67.4 Å². The molecule has 0 aliphatic rings. The van der Waals surface area contributed by atoms with Gasteiger partial charge in [0.1, 0.15) is 17.7 Å². The highest BCUT2D eigenvalue weighted by molar-refractivity contribution is 6.34. The van der Waals surface area contributed by atoms with Crippen LogP contribution in [0.3, 0.4) is 0 Å². The minimum Gasteiger partial charge on any atom is -0.444 e. The van der Waals surface area contributed by atoms with Crippen molar-refractivity contribution in [1.82, 2.24) is 10.2 Å². The van der Waals surface area contributed by atoms with Crippen molar-refractivity contribution in [3.05, 3.63) is 76.3 Å². The zero-order valence-electron chi connectivity index (χ0n) is 23.6. The molecule has 0 saturated carbocycles. The molecule has 0 fully saturated rings. The van der Waals surface area contributed by atoms with Crippen LogP contribution in [-0.4, -0.2) is 41.0 Å². The summed E-state index contributed by atoms with van der Waals surface area (Å²) < 4.78 is 5.41. The van der Waals surface area contributed by atoms with Gasteiger partial charge in [-0.2, -0.15) is 0 Å². The van der Waals surface area contributed by atoms with Crippen LogP contribution in [0, 0.1) is 26.7 Å². The number of nitrogens with zero attached hydrogens (tertiary/aromatic N) is 1. The Morgan fingerprint density at radius 3 is 2.29 bits per heavy atom. The number of benzene rings is 2. The second kappa shape index (κ2) is 13.0. The van der Waals surface area contributed by atoms with Crippen LogP contribution in [0.4, 0.5) is 10.5 Å². The Kier molecular flexibility index (Phi) is 10.5. The molecule has 38 heavy (non-hydrogen) atoms. The van der Waals surface area contributed by atoms with Crippen molar-refractivity contribution < 1.29 is 19.1 Å². The summed E-state index contributed by atoms with van der Waals surface area (Å²) >= 11 is 6.41. The monoisotopic (exact) mass is 541 g/mol. The molecule has 0 radical (unpaired) electrons. The zero-order valence-corrected chi connectivity index (χ0v) is 24.4. The summed E-state index contributed by atoms with van der Waals surface area (Å²) in [6.07, 6.45) is 0.858. The number of alkyl carbamates (subject to hydrolysis) is 1. The Hall–Kier alpha value is -3.32. The molecule has 2 N–H and O–H groups in total. The third kappa shape index (κ3) is 8.09. The molecule has 0 aliphatic carbocycles. The number of amides is 3. The molecule has 0 aliphatic heterocycles. The first-order valence-corrected chi connectivity index (χ1v) is 13.1. The van der Waals surface area contributed by atoms with Gasteiger partial charge in [-0.15, -0.1) is 6.58 Å². The summed E-state index contributed by atoms with van der Waals surface area (Å²) in [5.74, 6) is -1.14. The van der Waals surface area contributed by atoms with Gasteiger partial charge in [0.25, 0.3) is 5.91 Å². The average molecular weight is 542 g/mol. The minimum atomic E-state index is -1.02. The molecule has 206 valence electrons. The number of hydrogen-bond donors (Lipinski definition) is 2. The van der Waals surface area contributed by atoms with E-state index in [2.05, 4.69) is 17.2 Å². The van der Waals surface area contributed by atoms with Crippen molar-refractivity contribution in [3.63, 3.8) is 0 Å². The molecule has 2 aromatic rings. The number of para-hydroxylation sites is 1. The van der Waals surface area contributed by atoms with E-state index in [4.69, 9.17) is 16.3 Å². The number of carbonyl (C=O) groups excluding carboxylic acids is 3. The van der Waals surface area contributed by atoms with Gasteiger partial charge in [0.05, 0.1) is 10.7 Å². The predicted molar refractivity (Wildman–Crippen MR) is 153 cm³/mol. The quantitative estimate of drug-likeness (QED) is 0.354. The normalized spacial score (nSPS) is 12.9. The van der Waals surface area contributed by atoms with Gasteiger partial charge < -0.3 is 20.3 Å². The highest BCUT2D eigenvalue weighted by Crippen LogP contribution is 2.31. The molecule has 8 heteroatoms. The van der Waals surface area contributed by atoms with E-state index in [1.54, 1.807) is 39.0 Å². The lowest BCUT2D eigenvalue weighted by atomic mass is 9.94. The van der Waals surface area contributed by atoms with Crippen molar-refractivity contribution in [1.29, 1.82) is 0 Å². The predicted octanol–water partition coefficient (Wildman–Crippen LogP) is 6.51. The second-order valence-corrected chi connectivity index (χ2v) is 11.2. The van der Waals surface area contributed by atoms with E-state index in [0.29, 0.717) is 16.3 Å². The van der Waals surface area contributed by atoms with Crippen LogP contribution >= 0.6 is 11.6 Å². The zero-order chi connectivity index (χ0) is 28.8. The summed E-state index contributed by atoms with van der Waals surface area (Å²) in [5.41, 5.74) is 2.99. The Morgan fingerprint density at radius 2 is 1.74 bits per heavy atom. The van der Waals surface area contributed by atoms with Crippen LogP contribution < -0.4 is 10.6 Å². The number of anilines is 1. The smallest absolute Gasteiger partial charge is 0.408 e. The minimum absolute atomic E-state index is 0.0744. The number of hydrogen-bond acceptors (Lipinski definition) is 4. The van der Waals surface area contributed by atoms with Crippen molar-refractivity contribution >= 4 is 35.2 Å². The van der Waals surface area contributed by atoms with E-state index >= 15 is 0 Å². The molecule has 0 spiro atoms. The van der Waals surface area contributed by atoms with Crippen molar-refractivity contribution in [2.75, 3.05) is 11.9 Å². The number of rotatable bonds is 9. The molecular weight excluding hydrogens is 502 g/mol. The maximum absolute atomic E-state index is 14.1. The Labute approximate surface area is 231 Å². The Bertz CT molecular complexity index is 1170. The maximum Gasteiger partial charge on any atom is 0.408 e. The van der Waals surface area contributed by atoms with Crippen LogP contribution in [0.25, 0.3) is 0 Å². The molecule has 0 saturated heterocycles. The van der Waals surface area contributed by atoms with E-state index in [1.165, 1.54) is 4.90 Å². The fourth-order valence-corrected chi connectivity index (χ4v) is 4.34. The topological polar surface area (TPSA) is 87.7 Å². The lowest BCUT2D eigenvalue weighted by Gasteiger charge is -2.35. The van der Waals surface area contributed by atoms with Gasteiger partial charge in [0, 0.05) is 6.54 Å². The van der Waals surface area contributed by atoms with Crippen LogP contribution in [0.1, 0.15) is 62.9 Å². The van der Waals surface area contributed by atoms with Gasteiger partial charge in [0.15, 0.2) is 0 Å². The summed E-state index contributed by atoms with van der Waals surface area (Å²) in [5, 5.41) is 6.05. The van der Waals surface area contributed by atoms with Crippen LogP contribution in [0.15, 0.2) is 49.1 Å². The number of halogens is 1. The van der Waals surface area contributed by atoms with Gasteiger partial charge in [0.2, 0.25) is 5.91 Å². The summed E-state index contributed by atoms with van der Waals surface area (Å²) in [4.78, 5) is 42.1. The maximum atomic E-state index is 14.1. The van der Waals surface area contributed by atoms with Crippen LogP contribution in [0.2, 0.25) is 5.02 Å². The summed E-state index contributed by atoms with van der Waals surface area (Å²) in [6.45, 7) is 18.5. The third-order valence-electron chi connectivity index (χ3n) is 5.97. The standard InChI is InChI=1S/C30H40ClN3O4/c1-10-16-34(28(36)24(18(2)3)33-29(37)38-30(7,8)9)26(22-17-19(4)14-15-20(22)5)27(35)32-25-21(6)12-11-13-23(25)31/h10-15,17-18,24,26H,1,16H2,2-9H3,(H,32,35)(H,33,37). The largest absolute Gasteiger partial charge is 0.444 e. The molecule has 3 amide bonds. The number of nitrogens with one attached hydrogen (secondary N) is 2. The Balaban J connectivity index is 2.60. The third-order valence-corrected chi connectivity index (χ3v) is 6.29. The highest BCUT2D eigenvalue weighted by atomic mass is 35.5. The first kappa shape index (κ1) is 30.9. The molecule has 2 atom stereocenters. The van der Waals surface area contributed by atoms with Gasteiger partial charge >= 0.3 is 6.09 Å². The fraction of sp³-hybridized carbons (Fsp3) is 0.433. The molecule has 2 unspecified atom stereocenters. The molecule has 0 bridgehead atoms. The molecule has 7 nitrogen and oxygen atoms in total. The number of carbonyl (C=O) groups is 3. The highest BCUT2D eigenvalue weighted by Gasteiger charge is 2.38. The SMILES string of the molecule is C=CCN(C(=O)C(NC(=O)OC(C)(C)C)C(C)C)C(C(=O)Nc1c(C)cccc1Cl)c1cc(C)ccc1C. The van der Waals surface area contributed by atoms with Gasteiger partial charge in [-0.05, 0) is 70.2 Å². The second-order valence-electron chi connectivity index (χ2n) is 10.8. The first-order valence-electron chi connectivity index (χ1n) is 12.7. The van der Waals surface area contributed by atoms with Crippen molar-refractivity contribution in [2.24, 2.45) is 5.92 Å². The molecular formula is C30H40ClN3O4. The first-order chi connectivity index (χ1) is 17.7. The van der Waals surface area contributed by atoms with Crippen LogP contribution in [-0.2, 0) is 14.3 Å². The van der Waals surface area contributed by atoms with E-state index in [-0.39, 0.29) is 12.5 Å². The van der Waals surface area contributed by atoms with E-state index in [0.717, 1.165) is 16.7 Å². The van der Waals surface area contributed by atoms with E-state index in [9.17, 15) is 14.4 Å².